The maximum atomic E-state index is 11.8. The quantitative estimate of drug-likeness (QED) is 0.771. The van der Waals surface area contributed by atoms with Crippen molar-refractivity contribution >= 4 is 9.84 Å². The average molecular weight is 224 g/mol. The zero-order valence-corrected chi connectivity index (χ0v) is 9.16. The number of aryl methyl sites for hydroxylation is 1. The number of hydrogen-bond acceptors (Lipinski definition) is 3. The number of benzene rings is 1. The van der Waals surface area contributed by atoms with Crippen LogP contribution in [0.15, 0.2) is 29.2 Å². The number of terminal acetylenes is 1. The molecule has 0 saturated carbocycles. The van der Waals surface area contributed by atoms with Gasteiger partial charge in [0.15, 0.2) is 9.84 Å². The summed E-state index contributed by atoms with van der Waals surface area (Å²) in [6.45, 7) is 1.70. The number of aliphatic hydroxyl groups excluding tert-OH is 1. The normalized spacial score (nSPS) is 13.1. The first kappa shape index (κ1) is 11.8. The number of rotatable bonds is 3. The number of hydrogen-bond donors (Lipinski definition) is 1. The van der Waals surface area contributed by atoms with E-state index in [1.54, 1.807) is 25.1 Å². The van der Waals surface area contributed by atoms with E-state index in [9.17, 15) is 8.42 Å². The molecule has 1 atom stereocenters. The Morgan fingerprint density at radius 2 is 2.07 bits per heavy atom. The van der Waals surface area contributed by atoms with E-state index < -0.39 is 21.7 Å². The summed E-state index contributed by atoms with van der Waals surface area (Å²) in [5.74, 6) is 1.55. The predicted octanol–water partition coefficient (Wildman–Crippen LogP) is 0.763. The van der Waals surface area contributed by atoms with E-state index in [2.05, 4.69) is 0 Å². The van der Waals surface area contributed by atoms with Gasteiger partial charge in [0.25, 0.3) is 0 Å². The molecule has 0 radical (unpaired) electrons. The molecule has 80 valence electrons. The molecule has 0 aliphatic heterocycles. The van der Waals surface area contributed by atoms with Gasteiger partial charge in [-0.05, 0) is 18.6 Å². The molecule has 0 fully saturated rings. The van der Waals surface area contributed by atoms with Crippen LogP contribution in [0.25, 0.3) is 0 Å². The van der Waals surface area contributed by atoms with Crippen molar-refractivity contribution in [1.82, 2.24) is 0 Å². The van der Waals surface area contributed by atoms with Crippen molar-refractivity contribution < 1.29 is 13.5 Å². The van der Waals surface area contributed by atoms with Crippen molar-refractivity contribution in [3.05, 3.63) is 29.8 Å². The Hall–Kier alpha value is -1.31. The van der Waals surface area contributed by atoms with Crippen LogP contribution in [0.2, 0.25) is 0 Å². The van der Waals surface area contributed by atoms with Gasteiger partial charge in [-0.1, -0.05) is 24.1 Å². The molecule has 1 aromatic carbocycles. The molecule has 0 bridgehead atoms. The van der Waals surface area contributed by atoms with Crippen LogP contribution in [0, 0.1) is 19.3 Å². The minimum absolute atomic E-state index is 0.222. The second kappa shape index (κ2) is 4.47. The average Bonchev–Trinajstić information content (AvgIpc) is 2.17. The first-order valence-electron chi connectivity index (χ1n) is 4.40. The highest BCUT2D eigenvalue weighted by atomic mass is 32.2. The topological polar surface area (TPSA) is 54.4 Å². The van der Waals surface area contributed by atoms with Gasteiger partial charge in [-0.2, -0.15) is 0 Å². The number of aliphatic hydroxyl groups is 1. The largest absolute Gasteiger partial charge is 0.379 e. The highest BCUT2D eigenvalue weighted by Crippen LogP contribution is 2.16. The zero-order chi connectivity index (χ0) is 11.5. The fourth-order valence-electron chi connectivity index (χ4n) is 1.25. The summed E-state index contributed by atoms with van der Waals surface area (Å²) in [6, 6.07) is 6.61. The molecule has 0 aromatic heterocycles. The summed E-state index contributed by atoms with van der Waals surface area (Å²) in [7, 11) is -3.49. The van der Waals surface area contributed by atoms with Crippen LogP contribution in [-0.4, -0.2) is 25.4 Å². The molecule has 0 aliphatic rings. The highest BCUT2D eigenvalue weighted by molar-refractivity contribution is 7.91. The van der Waals surface area contributed by atoms with Crippen molar-refractivity contribution in [2.24, 2.45) is 0 Å². The lowest BCUT2D eigenvalue weighted by molar-refractivity contribution is 0.255. The molecular weight excluding hydrogens is 212 g/mol. The molecule has 1 aromatic rings. The van der Waals surface area contributed by atoms with Gasteiger partial charge < -0.3 is 5.11 Å². The van der Waals surface area contributed by atoms with Gasteiger partial charge in [-0.3, -0.25) is 0 Å². The second-order valence-corrected chi connectivity index (χ2v) is 5.23. The lowest BCUT2D eigenvalue weighted by Crippen LogP contribution is -2.19. The Bertz CT molecular complexity index is 483. The third-order valence-electron chi connectivity index (χ3n) is 2.00. The van der Waals surface area contributed by atoms with Crippen molar-refractivity contribution in [1.29, 1.82) is 0 Å². The molecule has 0 heterocycles. The maximum absolute atomic E-state index is 11.8. The zero-order valence-electron chi connectivity index (χ0n) is 8.34. The Labute approximate surface area is 89.7 Å². The summed E-state index contributed by atoms with van der Waals surface area (Å²) in [4.78, 5) is 0.222. The molecule has 3 nitrogen and oxygen atoms in total. The van der Waals surface area contributed by atoms with Crippen LogP contribution >= 0.6 is 0 Å². The van der Waals surface area contributed by atoms with E-state index in [0.717, 1.165) is 0 Å². The van der Waals surface area contributed by atoms with Gasteiger partial charge in [0.2, 0.25) is 0 Å². The first-order chi connectivity index (χ1) is 6.97. The van der Waals surface area contributed by atoms with Gasteiger partial charge in [0, 0.05) is 0 Å². The Morgan fingerprint density at radius 3 is 2.60 bits per heavy atom. The van der Waals surface area contributed by atoms with Crippen molar-refractivity contribution in [2.75, 3.05) is 5.75 Å². The van der Waals surface area contributed by atoms with E-state index >= 15 is 0 Å². The van der Waals surface area contributed by atoms with Gasteiger partial charge in [0.1, 0.15) is 6.10 Å². The minimum Gasteiger partial charge on any atom is -0.379 e. The van der Waals surface area contributed by atoms with Crippen LogP contribution < -0.4 is 0 Å². The molecule has 0 saturated heterocycles. The molecule has 1 N–H and O–H groups in total. The smallest absolute Gasteiger partial charge is 0.182 e. The van der Waals surface area contributed by atoms with Crippen molar-refractivity contribution in [2.45, 2.75) is 17.9 Å². The van der Waals surface area contributed by atoms with E-state index in [1.807, 2.05) is 5.92 Å². The molecule has 1 unspecified atom stereocenters. The van der Waals surface area contributed by atoms with Crippen LogP contribution in [0.3, 0.4) is 0 Å². The van der Waals surface area contributed by atoms with E-state index in [4.69, 9.17) is 11.5 Å². The van der Waals surface area contributed by atoms with Gasteiger partial charge in [0.05, 0.1) is 10.6 Å². The third-order valence-corrected chi connectivity index (χ3v) is 3.88. The van der Waals surface area contributed by atoms with Crippen LogP contribution in [0.5, 0.6) is 0 Å². The summed E-state index contributed by atoms with van der Waals surface area (Å²) in [5, 5.41) is 9.13. The highest BCUT2D eigenvalue weighted by Gasteiger charge is 2.19. The maximum Gasteiger partial charge on any atom is 0.182 e. The monoisotopic (exact) mass is 224 g/mol. The van der Waals surface area contributed by atoms with Crippen molar-refractivity contribution in [3.8, 4) is 12.3 Å². The lowest BCUT2D eigenvalue weighted by atomic mass is 10.2. The third kappa shape index (κ3) is 2.82. The van der Waals surface area contributed by atoms with E-state index in [0.29, 0.717) is 5.56 Å². The molecule has 0 aliphatic carbocycles. The molecular formula is C11H12O3S. The second-order valence-electron chi connectivity index (χ2n) is 3.23. The molecule has 0 amide bonds. The fraction of sp³-hybridized carbons (Fsp3) is 0.273. The van der Waals surface area contributed by atoms with E-state index in [1.165, 1.54) is 6.07 Å². The fourth-order valence-corrected chi connectivity index (χ4v) is 2.79. The first-order valence-corrected chi connectivity index (χ1v) is 6.05. The molecule has 1 rings (SSSR count). The van der Waals surface area contributed by atoms with Crippen LogP contribution in [-0.2, 0) is 9.84 Å². The van der Waals surface area contributed by atoms with Crippen LogP contribution in [0.1, 0.15) is 5.56 Å². The van der Waals surface area contributed by atoms with Crippen LogP contribution in [0.4, 0.5) is 0 Å². The molecule has 15 heavy (non-hydrogen) atoms. The SMILES string of the molecule is C#CC(O)CS(=O)(=O)c1ccccc1C. The summed E-state index contributed by atoms with van der Waals surface area (Å²) < 4.78 is 23.5. The lowest BCUT2D eigenvalue weighted by Gasteiger charge is -2.08. The van der Waals surface area contributed by atoms with Gasteiger partial charge >= 0.3 is 0 Å². The standard InChI is InChI=1S/C11H12O3S/c1-3-10(12)8-15(13,14)11-7-5-4-6-9(11)2/h1,4-7,10,12H,8H2,2H3. The molecule has 4 heteroatoms. The minimum atomic E-state index is -3.49. The summed E-state index contributed by atoms with van der Waals surface area (Å²) in [6.07, 6.45) is 3.68. The van der Waals surface area contributed by atoms with Gasteiger partial charge in [-0.15, -0.1) is 6.42 Å². The number of sulfone groups is 1. The summed E-state index contributed by atoms with van der Waals surface area (Å²) in [5.41, 5.74) is 0.654. The summed E-state index contributed by atoms with van der Waals surface area (Å²) >= 11 is 0. The Morgan fingerprint density at radius 1 is 1.47 bits per heavy atom. The van der Waals surface area contributed by atoms with Crippen molar-refractivity contribution in [3.63, 3.8) is 0 Å². The van der Waals surface area contributed by atoms with E-state index in [-0.39, 0.29) is 4.90 Å². The van der Waals surface area contributed by atoms with Gasteiger partial charge in [-0.25, -0.2) is 8.42 Å². The Balaban J connectivity index is 3.09. The molecule has 0 spiro atoms. The Kier molecular flexibility index (Phi) is 3.51. The predicted molar refractivity (Wildman–Crippen MR) is 58.1 cm³/mol.